The van der Waals surface area contributed by atoms with E-state index in [0.717, 1.165) is 11.1 Å². The number of rotatable bonds is 2. The molecule has 0 saturated heterocycles. The van der Waals surface area contributed by atoms with Crippen LogP contribution in [-0.4, -0.2) is 5.78 Å². The molecular formula is C17H18O. The SMILES string of the molecule is CC(=O)c1ccc(C)c(-c2ccc(C)c(C)c2)c1. The number of hydrogen-bond acceptors (Lipinski definition) is 1. The first-order valence-electron chi connectivity index (χ1n) is 6.18. The van der Waals surface area contributed by atoms with Crippen LogP contribution in [0.25, 0.3) is 11.1 Å². The van der Waals surface area contributed by atoms with Crippen LogP contribution >= 0.6 is 0 Å². The Morgan fingerprint density at radius 2 is 1.50 bits per heavy atom. The lowest BCUT2D eigenvalue weighted by Gasteiger charge is -2.10. The fourth-order valence-electron chi connectivity index (χ4n) is 2.06. The monoisotopic (exact) mass is 238 g/mol. The van der Waals surface area contributed by atoms with Crippen molar-refractivity contribution in [2.75, 3.05) is 0 Å². The molecule has 0 N–H and O–H groups in total. The van der Waals surface area contributed by atoms with Gasteiger partial charge in [-0.25, -0.2) is 0 Å². The van der Waals surface area contributed by atoms with Crippen molar-refractivity contribution in [2.45, 2.75) is 27.7 Å². The van der Waals surface area contributed by atoms with Crippen LogP contribution in [0.15, 0.2) is 36.4 Å². The summed E-state index contributed by atoms with van der Waals surface area (Å²) in [4.78, 5) is 11.5. The number of carbonyl (C=O) groups is 1. The summed E-state index contributed by atoms with van der Waals surface area (Å²) >= 11 is 0. The van der Waals surface area contributed by atoms with Gasteiger partial charge < -0.3 is 0 Å². The molecule has 0 fully saturated rings. The molecule has 18 heavy (non-hydrogen) atoms. The van der Waals surface area contributed by atoms with Gasteiger partial charge in [0, 0.05) is 5.56 Å². The maximum Gasteiger partial charge on any atom is 0.159 e. The first-order valence-corrected chi connectivity index (χ1v) is 6.18. The van der Waals surface area contributed by atoms with E-state index < -0.39 is 0 Å². The summed E-state index contributed by atoms with van der Waals surface area (Å²) in [6, 6.07) is 12.3. The summed E-state index contributed by atoms with van der Waals surface area (Å²) in [5.74, 6) is 0.111. The Balaban J connectivity index is 2.58. The van der Waals surface area contributed by atoms with Crippen LogP contribution in [0.1, 0.15) is 34.0 Å². The summed E-state index contributed by atoms with van der Waals surface area (Å²) < 4.78 is 0. The van der Waals surface area contributed by atoms with E-state index >= 15 is 0 Å². The minimum atomic E-state index is 0.111. The maximum absolute atomic E-state index is 11.5. The molecule has 0 aliphatic carbocycles. The van der Waals surface area contributed by atoms with Crippen LogP contribution in [0.5, 0.6) is 0 Å². The average Bonchev–Trinajstić information content (AvgIpc) is 2.33. The van der Waals surface area contributed by atoms with Gasteiger partial charge >= 0.3 is 0 Å². The summed E-state index contributed by atoms with van der Waals surface area (Å²) in [6.07, 6.45) is 0. The Morgan fingerprint density at radius 1 is 0.833 bits per heavy atom. The standard InChI is InChI=1S/C17H18O/c1-11-5-8-16(9-13(11)3)17-10-15(14(4)18)7-6-12(17)2/h5-10H,1-4H3. The number of Topliss-reactive ketones (excluding diaryl/α,β-unsaturated/α-hetero) is 1. The zero-order valence-corrected chi connectivity index (χ0v) is 11.4. The second-order valence-corrected chi connectivity index (χ2v) is 4.88. The molecule has 0 unspecified atom stereocenters. The van der Waals surface area contributed by atoms with Crippen molar-refractivity contribution in [3.8, 4) is 11.1 Å². The smallest absolute Gasteiger partial charge is 0.159 e. The average molecular weight is 238 g/mol. The Labute approximate surface area is 108 Å². The predicted molar refractivity (Wildman–Crippen MR) is 76.1 cm³/mol. The largest absolute Gasteiger partial charge is 0.295 e. The molecule has 0 aliphatic heterocycles. The van der Waals surface area contributed by atoms with Crippen molar-refractivity contribution in [1.29, 1.82) is 0 Å². The highest BCUT2D eigenvalue weighted by Crippen LogP contribution is 2.26. The van der Waals surface area contributed by atoms with E-state index in [2.05, 4.69) is 39.0 Å². The fraction of sp³-hybridized carbons (Fsp3) is 0.235. The van der Waals surface area contributed by atoms with Crippen molar-refractivity contribution >= 4 is 5.78 Å². The summed E-state index contributed by atoms with van der Waals surface area (Å²) in [5, 5.41) is 0. The lowest BCUT2D eigenvalue weighted by Crippen LogP contribution is -1.94. The molecule has 0 spiro atoms. The van der Waals surface area contributed by atoms with Gasteiger partial charge in [-0.1, -0.05) is 30.3 Å². The van der Waals surface area contributed by atoms with Gasteiger partial charge in [0.25, 0.3) is 0 Å². The normalized spacial score (nSPS) is 10.4. The van der Waals surface area contributed by atoms with E-state index in [1.807, 2.05) is 18.2 Å². The Hall–Kier alpha value is -1.89. The van der Waals surface area contributed by atoms with Crippen molar-refractivity contribution in [1.82, 2.24) is 0 Å². The highest BCUT2D eigenvalue weighted by Gasteiger charge is 2.07. The van der Waals surface area contributed by atoms with Gasteiger partial charge in [-0.15, -0.1) is 0 Å². The van der Waals surface area contributed by atoms with E-state index in [-0.39, 0.29) is 5.78 Å². The van der Waals surface area contributed by atoms with Crippen LogP contribution in [0.4, 0.5) is 0 Å². The van der Waals surface area contributed by atoms with Gasteiger partial charge in [0.1, 0.15) is 0 Å². The third-order valence-corrected chi connectivity index (χ3v) is 3.46. The Bertz CT molecular complexity index is 609. The van der Waals surface area contributed by atoms with E-state index in [0.29, 0.717) is 0 Å². The van der Waals surface area contributed by atoms with Crippen LogP contribution in [0.3, 0.4) is 0 Å². The molecule has 2 rings (SSSR count). The summed E-state index contributed by atoms with van der Waals surface area (Å²) in [6.45, 7) is 7.91. The molecule has 0 bridgehead atoms. The summed E-state index contributed by atoms with van der Waals surface area (Å²) in [7, 11) is 0. The summed E-state index contributed by atoms with van der Waals surface area (Å²) in [5.41, 5.74) is 6.86. The second kappa shape index (κ2) is 4.77. The van der Waals surface area contributed by atoms with Crippen molar-refractivity contribution in [2.24, 2.45) is 0 Å². The minimum Gasteiger partial charge on any atom is -0.295 e. The highest BCUT2D eigenvalue weighted by atomic mass is 16.1. The molecule has 92 valence electrons. The maximum atomic E-state index is 11.5. The molecule has 0 atom stereocenters. The first kappa shape index (κ1) is 12.6. The third kappa shape index (κ3) is 2.35. The predicted octanol–water partition coefficient (Wildman–Crippen LogP) is 4.48. The number of ketones is 1. The first-order chi connectivity index (χ1) is 8.49. The van der Waals surface area contributed by atoms with Gasteiger partial charge in [0.2, 0.25) is 0 Å². The van der Waals surface area contributed by atoms with Gasteiger partial charge in [-0.3, -0.25) is 4.79 Å². The quantitative estimate of drug-likeness (QED) is 0.705. The van der Waals surface area contributed by atoms with Gasteiger partial charge in [0.05, 0.1) is 0 Å². The number of carbonyl (C=O) groups excluding carboxylic acids is 1. The zero-order valence-electron chi connectivity index (χ0n) is 11.4. The third-order valence-electron chi connectivity index (χ3n) is 3.46. The molecule has 0 heterocycles. The molecule has 1 nitrogen and oxygen atoms in total. The lowest BCUT2D eigenvalue weighted by atomic mass is 9.95. The Morgan fingerprint density at radius 3 is 2.11 bits per heavy atom. The molecule has 2 aromatic carbocycles. The molecular weight excluding hydrogens is 220 g/mol. The van der Waals surface area contributed by atoms with Crippen molar-refractivity contribution in [3.63, 3.8) is 0 Å². The Kier molecular flexibility index (Phi) is 3.33. The van der Waals surface area contributed by atoms with Crippen LogP contribution in [0, 0.1) is 20.8 Å². The number of benzene rings is 2. The fourth-order valence-corrected chi connectivity index (χ4v) is 2.06. The molecule has 0 radical (unpaired) electrons. The molecule has 1 heteroatoms. The number of hydrogen-bond donors (Lipinski definition) is 0. The zero-order chi connectivity index (χ0) is 13.3. The highest BCUT2D eigenvalue weighted by molar-refractivity contribution is 5.95. The van der Waals surface area contributed by atoms with Crippen molar-refractivity contribution in [3.05, 3.63) is 58.7 Å². The van der Waals surface area contributed by atoms with Crippen LogP contribution in [0.2, 0.25) is 0 Å². The lowest BCUT2D eigenvalue weighted by molar-refractivity contribution is 0.101. The second-order valence-electron chi connectivity index (χ2n) is 4.88. The van der Waals surface area contributed by atoms with Crippen LogP contribution in [-0.2, 0) is 0 Å². The van der Waals surface area contributed by atoms with E-state index in [4.69, 9.17) is 0 Å². The van der Waals surface area contributed by atoms with Crippen molar-refractivity contribution < 1.29 is 4.79 Å². The molecule has 0 aromatic heterocycles. The number of aryl methyl sites for hydroxylation is 3. The molecule has 2 aromatic rings. The van der Waals surface area contributed by atoms with E-state index in [1.165, 1.54) is 22.3 Å². The molecule has 0 saturated carbocycles. The van der Waals surface area contributed by atoms with Gasteiger partial charge in [-0.2, -0.15) is 0 Å². The van der Waals surface area contributed by atoms with E-state index in [9.17, 15) is 4.79 Å². The molecule has 0 amide bonds. The van der Waals surface area contributed by atoms with Gasteiger partial charge in [-0.05, 0) is 61.6 Å². The minimum absolute atomic E-state index is 0.111. The topological polar surface area (TPSA) is 17.1 Å². The van der Waals surface area contributed by atoms with Crippen LogP contribution < -0.4 is 0 Å². The van der Waals surface area contributed by atoms with Gasteiger partial charge in [0.15, 0.2) is 5.78 Å². The van der Waals surface area contributed by atoms with E-state index in [1.54, 1.807) is 6.92 Å². The molecule has 0 aliphatic rings.